The van der Waals surface area contributed by atoms with Crippen LogP contribution in [-0.2, 0) is 14.8 Å². The Kier molecular flexibility index (Phi) is 5.24. The standard InChI is InChI=1S/C18H16ClN3O5S/c1-21(2)28(26,27)11-7-8-14(19)15(9-11)20-16(23)10-22-17(24)12-5-3-4-6-13(12)18(22)25/h3-9H,10H2,1-2H3,(H,20,23). The lowest BCUT2D eigenvalue weighted by atomic mass is 10.1. The van der Waals surface area contributed by atoms with Crippen LogP contribution in [0, 0.1) is 0 Å². The number of carbonyl (C=O) groups excluding carboxylic acids is 3. The molecule has 0 radical (unpaired) electrons. The maximum absolute atomic E-state index is 12.4. The van der Waals surface area contributed by atoms with Crippen molar-refractivity contribution >= 4 is 45.0 Å². The lowest BCUT2D eigenvalue weighted by Crippen LogP contribution is -2.37. The van der Waals surface area contributed by atoms with Crippen molar-refractivity contribution in [1.82, 2.24) is 9.21 Å². The molecule has 0 spiro atoms. The van der Waals surface area contributed by atoms with Crippen molar-refractivity contribution in [3.63, 3.8) is 0 Å². The number of anilines is 1. The fourth-order valence-corrected chi connectivity index (χ4v) is 3.78. The van der Waals surface area contributed by atoms with E-state index in [0.717, 1.165) is 9.21 Å². The predicted molar refractivity (Wildman–Crippen MR) is 103 cm³/mol. The second-order valence-corrected chi connectivity index (χ2v) is 8.78. The molecular formula is C18H16ClN3O5S. The van der Waals surface area contributed by atoms with E-state index in [1.165, 1.54) is 44.4 Å². The van der Waals surface area contributed by atoms with Gasteiger partial charge in [0.15, 0.2) is 0 Å². The summed E-state index contributed by atoms with van der Waals surface area (Å²) in [6.45, 7) is -0.521. The lowest BCUT2D eigenvalue weighted by molar-refractivity contribution is -0.116. The van der Waals surface area contributed by atoms with E-state index in [0.29, 0.717) is 0 Å². The normalized spacial score (nSPS) is 13.8. The number of imide groups is 1. The van der Waals surface area contributed by atoms with Crippen LogP contribution in [0.25, 0.3) is 0 Å². The summed E-state index contributed by atoms with van der Waals surface area (Å²) in [6.07, 6.45) is 0. The van der Waals surface area contributed by atoms with Gasteiger partial charge in [0, 0.05) is 14.1 Å². The van der Waals surface area contributed by atoms with Gasteiger partial charge in [0.05, 0.1) is 26.7 Å². The fourth-order valence-electron chi connectivity index (χ4n) is 2.69. The molecule has 0 aliphatic carbocycles. The molecule has 2 aromatic rings. The third-order valence-corrected chi connectivity index (χ3v) is 6.31. The van der Waals surface area contributed by atoms with Crippen molar-refractivity contribution in [3.05, 3.63) is 58.6 Å². The highest BCUT2D eigenvalue weighted by molar-refractivity contribution is 7.89. The number of nitrogens with one attached hydrogen (secondary N) is 1. The van der Waals surface area contributed by atoms with E-state index in [1.807, 2.05) is 0 Å². The van der Waals surface area contributed by atoms with Crippen LogP contribution in [-0.4, -0.2) is 56.0 Å². The molecule has 0 unspecified atom stereocenters. The zero-order valence-electron chi connectivity index (χ0n) is 15.0. The topological polar surface area (TPSA) is 104 Å². The summed E-state index contributed by atoms with van der Waals surface area (Å²) in [4.78, 5) is 37.8. The van der Waals surface area contributed by atoms with Crippen LogP contribution in [0.15, 0.2) is 47.4 Å². The van der Waals surface area contributed by atoms with Crippen molar-refractivity contribution < 1.29 is 22.8 Å². The van der Waals surface area contributed by atoms with Crippen molar-refractivity contribution in [2.24, 2.45) is 0 Å². The van der Waals surface area contributed by atoms with Gasteiger partial charge in [0.25, 0.3) is 11.8 Å². The van der Waals surface area contributed by atoms with E-state index < -0.39 is 34.3 Å². The quantitative estimate of drug-likeness (QED) is 0.741. The highest BCUT2D eigenvalue weighted by Crippen LogP contribution is 2.27. The second-order valence-electron chi connectivity index (χ2n) is 6.22. The first-order chi connectivity index (χ1) is 13.1. The van der Waals surface area contributed by atoms with Crippen molar-refractivity contribution in [3.8, 4) is 0 Å². The summed E-state index contributed by atoms with van der Waals surface area (Å²) >= 11 is 6.05. The van der Waals surface area contributed by atoms with Crippen LogP contribution < -0.4 is 5.32 Å². The van der Waals surface area contributed by atoms with Crippen LogP contribution >= 0.6 is 11.6 Å². The smallest absolute Gasteiger partial charge is 0.262 e. The second kappa shape index (κ2) is 7.34. The van der Waals surface area contributed by atoms with Crippen molar-refractivity contribution in [2.75, 3.05) is 26.0 Å². The molecule has 146 valence electrons. The molecular weight excluding hydrogens is 406 g/mol. The van der Waals surface area contributed by atoms with E-state index >= 15 is 0 Å². The molecule has 10 heteroatoms. The third kappa shape index (κ3) is 3.51. The number of nitrogens with zero attached hydrogens (tertiary/aromatic N) is 2. The first-order valence-electron chi connectivity index (χ1n) is 8.10. The zero-order chi connectivity index (χ0) is 20.6. The minimum atomic E-state index is -3.72. The van der Waals surface area contributed by atoms with Gasteiger partial charge in [-0.25, -0.2) is 12.7 Å². The summed E-state index contributed by atoms with van der Waals surface area (Å²) in [5.74, 6) is -1.81. The number of sulfonamides is 1. The average molecular weight is 422 g/mol. The number of hydrogen-bond acceptors (Lipinski definition) is 5. The molecule has 1 N–H and O–H groups in total. The van der Waals surface area contributed by atoms with E-state index in [4.69, 9.17) is 11.6 Å². The van der Waals surface area contributed by atoms with Gasteiger partial charge in [0.1, 0.15) is 6.54 Å². The molecule has 0 saturated carbocycles. The molecule has 28 heavy (non-hydrogen) atoms. The molecule has 0 saturated heterocycles. The summed E-state index contributed by atoms with van der Waals surface area (Å²) < 4.78 is 25.5. The summed E-state index contributed by atoms with van der Waals surface area (Å²) in [5.41, 5.74) is 0.529. The SMILES string of the molecule is CN(C)S(=O)(=O)c1ccc(Cl)c(NC(=O)CN2C(=O)c3ccccc3C2=O)c1. The Bertz CT molecular complexity index is 1060. The van der Waals surface area contributed by atoms with Gasteiger partial charge in [0.2, 0.25) is 15.9 Å². The molecule has 0 bridgehead atoms. The highest BCUT2D eigenvalue weighted by atomic mass is 35.5. The van der Waals surface area contributed by atoms with Gasteiger partial charge in [-0.2, -0.15) is 0 Å². The molecule has 3 rings (SSSR count). The Hall–Kier alpha value is -2.75. The third-order valence-electron chi connectivity index (χ3n) is 4.17. The number of carbonyl (C=O) groups is 3. The Morgan fingerprint density at radius 1 is 1.07 bits per heavy atom. The maximum atomic E-state index is 12.4. The van der Waals surface area contributed by atoms with Crippen LogP contribution in [0.4, 0.5) is 5.69 Å². The first-order valence-corrected chi connectivity index (χ1v) is 9.92. The van der Waals surface area contributed by atoms with E-state index in [2.05, 4.69) is 5.32 Å². The van der Waals surface area contributed by atoms with Gasteiger partial charge in [-0.15, -0.1) is 0 Å². The number of fused-ring (bicyclic) bond motifs is 1. The number of halogens is 1. The first kappa shape index (κ1) is 20.0. The van der Waals surface area contributed by atoms with Crippen molar-refractivity contribution in [1.29, 1.82) is 0 Å². The Balaban J connectivity index is 1.80. The molecule has 0 aromatic heterocycles. The Morgan fingerprint density at radius 2 is 1.64 bits per heavy atom. The Labute approximate surface area is 166 Å². The number of benzene rings is 2. The van der Waals surface area contributed by atoms with Crippen LogP contribution in [0.2, 0.25) is 5.02 Å². The number of amides is 3. The molecule has 3 amide bonds. The molecule has 0 atom stereocenters. The van der Waals surface area contributed by atoms with Gasteiger partial charge in [-0.1, -0.05) is 23.7 Å². The number of hydrogen-bond donors (Lipinski definition) is 1. The van der Waals surface area contributed by atoms with Crippen molar-refractivity contribution in [2.45, 2.75) is 4.90 Å². The minimum absolute atomic E-state index is 0.0575. The monoisotopic (exact) mass is 421 g/mol. The predicted octanol–water partition coefficient (Wildman–Crippen LogP) is 1.83. The average Bonchev–Trinajstić information content (AvgIpc) is 2.88. The lowest BCUT2D eigenvalue weighted by Gasteiger charge is -2.16. The van der Waals surface area contributed by atoms with E-state index in [-0.39, 0.29) is 26.7 Å². The van der Waals surface area contributed by atoms with Crippen LogP contribution in [0.3, 0.4) is 0 Å². The Morgan fingerprint density at radius 3 is 2.18 bits per heavy atom. The molecule has 1 heterocycles. The molecule has 0 fully saturated rings. The zero-order valence-corrected chi connectivity index (χ0v) is 16.5. The van der Waals surface area contributed by atoms with E-state index in [1.54, 1.807) is 12.1 Å². The fraction of sp³-hybridized carbons (Fsp3) is 0.167. The van der Waals surface area contributed by atoms with Crippen LogP contribution in [0.5, 0.6) is 0 Å². The van der Waals surface area contributed by atoms with Gasteiger partial charge >= 0.3 is 0 Å². The highest BCUT2D eigenvalue weighted by Gasteiger charge is 2.36. The van der Waals surface area contributed by atoms with E-state index in [9.17, 15) is 22.8 Å². The molecule has 2 aromatic carbocycles. The maximum Gasteiger partial charge on any atom is 0.262 e. The summed E-state index contributed by atoms with van der Waals surface area (Å²) in [6, 6.07) is 10.2. The van der Waals surface area contributed by atoms with Gasteiger partial charge < -0.3 is 5.32 Å². The molecule has 1 aliphatic rings. The summed E-state index contributed by atoms with van der Waals surface area (Å²) in [5, 5.41) is 2.58. The number of rotatable bonds is 5. The van der Waals surface area contributed by atoms with Crippen LogP contribution in [0.1, 0.15) is 20.7 Å². The molecule has 8 nitrogen and oxygen atoms in total. The van der Waals surface area contributed by atoms with Gasteiger partial charge in [-0.05, 0) is 30.3 Å². The summed E-state index contributed by atoms with van der Waals surface area (Å²) in [7, 11) is -0.965. The largest absolute Gasteiger partial charge is 0.323 e. The minimum Gasteiger partial charge on any atom is -0.323 e. The molecule has 1 aliphatic heterocycles. The van der Waals surface area contributed by atoms with Gasteiger partial charge in [-0.3, -0.25) is 19.3 Å².